The van der Waals surface area contributed by atoms with Gasteiger partial charge in [-0.15, -0.1) is 0 Å². The number of hydrogen-bond acceptors (Lipinski definition) is 2. The summed E-state index contributed by atoms with van der Waals surface area (Å²) >= 11 is 0. The van der Waals surface area contributed by atoms with Gasteiger partial charge in [-0.2, -0.15) is 0 Å². The van der Waals surface area contributed by atoms with Gasteiger partial charge in [0.05, 0.1) is 0 Å². The molecular formula is C14H26N2O. The van der Waals surface area contributed by atoms with E-state index in [1.54, 1.807) is 0 Å². The highest BCUT2D eigenvalue weighted by atomic mass is 16.2. The first kappa shape index (κ1) is 12.9. The molecule has 0 spiro atoms. The fraction of sp³-hybridized carbons (Fsp3) is 0.929. The molecule has 2 aliphatic rings. The SMILES string of the molecule is CNC1CCN(C(=O)CC2CCCCC2)CC1. The zero-order valence-electron chi connectivity index (χ0n) is 11.1. The third-order valence-electron chi connectivity index (χ3n) is 4.44. The fourth-order valence-corrected chi connectivity index (χ4v) is 3.18. The van der Waals surface area contributed by atoms with Gasteiger partial charge in [-0.05, 0) is 38.6 Å². The van der Waals surface area contributed by atoms with Gasteiger partial charge in [0.1, 0.15) is 0 Å². The number of likely N-dealkylation sites (tertiary alicyclic amines) is 1. The second-order valence-corrected chi connectivity index (χ2v) is 5.65. The summed E-state index contributed by atoms with van der Waals surface area (Å²) < 4.78 is 0. The first-order valence-electron chi connectivity index (χ1n) is 7.24. The highest BCUT2D eigenvalue weighted by Gasteiger charge is 2.24. The van der Waals surface area contributed by atoms with Crippen molar-refractivity contribution in [2.45, 2.75) is 57.4 Å². The van der Waals surface area contributed by atoms with Crippen molar-refractivity contribution in [1.82, 2.24) is 10.2 Å². The lowest BCUT2D eigenvalue weighted by molar-refractivity contribution is -0.133. The van der Waals surface area contributed by atoms with Gasteiger partial charge in [0, 0.05) is 25.6 Å². The van der Waals surface area contributed by atoms with Gasteiger partial charge in [0.25, 0.3) is 0 Å². The smallest absolute Gasteiger partial charge is 0.222 e. The van der Waals surface area contributed by atoms with Crippen LogP contribution in [0.5, 0.6) is 0 Å². The summed E-state index contributed by atoms with van der Waals surface area (Å²) in [4.78, 5) is 14.3. The second-order valence-electron chi connectivity index (χ2n) is 5.65. The molecule has 1 saturated heterocycles. The lowest BCUT2D eigenvalue weighted by atomic mass is 9.86. The minimum absolute atomic E-state index is 0.409. The van der Waals surface area contributed by atoms with Crippen molar-refractivity contribution in [2.75, 3.05) is 20.1 Å². The van der Waals surface area contributed by atoms with Crippen LogP contribution in [0.3, 0.4) is 0 Å². The maximum atomic E-state index is 12.2. The van der Waals surface area contributed by atoms with E-state index >= 15 is 0 Å². The van der Waals surface area contributed by atoms with Crippen LogP contribution < -0.4 is 5.32 Å². The van der Waals surface area contributed by atoms with Crippen molar-refractivity contribution in [3.05, 3.63) is 0 Å². The quantitative estimate of drug-likeness (QED) is 0.817. The summed E-state index contributed by atoms with van der Waals surface area (Å²) in [5.74, 6) is 1.09. The Balaban J connectivity index is 1.72. The van der Waals surface area contributed by atoms with Crippen LogP contribution in [0.15, 0.2) is 0 Å². The minimum atomic E-state index is 0.409. The summed E-state index contributed by atoms with van der Waals surface area (Å²) in [5, 5.41) is 3.31. The molecule has 17 heavy (non-hydrogen) atoms. The Morgan fingerprint density at radius 2 is 1.76 bits per heavy atom. The summed E-state index contributed by atoms with van der Waals surface area (Å²) in [6, 6.07) is 0.619. The number of piperidine rings is 1. The molecule has 98 valence electrons. The van der Waals surface area contributed by atoms with Crippen LogP contribution in [-0.2, 0) is 4.79 Å². The third kappa shape index (κ3) is 3.70. The summed E-state index contributed by atoms with van der Waals surface area (Å²) in [5.41, 5.74) is 0. The average molecular weight is 238 g/mol. The molecule has 1 N–H and O–H groups in total. The fourth-order valence-electron chi connectivity index (χ4n) is 3.18. The molecule has 0 bridgehead atoms. The minimum Gasteiger partial charge on any atom is -0.343 e. The zero-order valence-corrected chi connectivity index (χ0v) is 11.1. The van der Waals surface area contributed by atoms with Crippen molar-refractivity contribution >= 4 is 5.91 Å². The van der Waals surface area contributed by atoms with Crippen molar-refractivity contribution < 1.29 is 4.79 Å². The third-order valence-corrected chi connectivity index (χ3v) is 4.44. The Morgan fingerprint density at radius 1 is 1.12 bits per heavy atom. The van der Waals surface area contributed by atoms with Gasteiger partial charge < -0.3 is 10.2 Å². The van der Waals surface area contributed by atoms with Gasteiger partial charge in [0.2, 0.25) is 5.91 Å². The van der Waals surface area contributed by atoms with E-state index in [4.69, 9.17) is 0 Å². The van der Waals surface area contributed by atoms with E-state index < -0.39 is 0 Å². The topological polar surface area (TPSA) is 32.3 Å². The van der Waals surface area contributed by atoms with E-state index in [2.05, 4.69) is 10.2 Å². The molecule has 0 unspecified atom stereocenters. The Kier molecular flexibility index (Phi) is 4.84. The maximum Gasteiger partial charge on any atom is 0.222 e. The van der Waals surface area contributed by atoms with E-state index in [-0.39, 0.29) is 0 Å². The number of amides is 1. The van der Waals surface area contributed by atoms with Gasteiger partial charge in [0.15, 0.2) is 0 Å². The van der Waals surface area contributed by atoms with Crippen LogP contribution in [-0.4, -0.2) is 37.0 Å². The van der Waals surface area contributed by atoms with Gasteiger partial charge in [-0.1, -0.05) is 19.3 Å². The molecule has 0 aromatic carbocycles. The van der Waals surface area contributed by atoms with Crippen LogP contribution in [0.4, 0.5) is 0 Å². The van der Waals surface area contributed by atoms with Crippen LogP contribution in [0.2, 0.25) is 0 Å². The number of nitrogens with zero attached hydrogens (tertiary/aromatic N) is 1. The van der Waals surface area contributed by atoms with E-state index in [1.165, 1.54) is 32.1 Å². The monoisotopic (exact) mass is 238 g/mol. The van der Waals surface area contributed by atoms with Gasteiger partial charge in [-0.3, -0.25) is 4.79 Å². The molecule has 1 saturated carbocycles. The molecule has 0 atom stereocenters. The Morgan fingerprint density at radius 3 is 2.35 bits per heavy atom. The molecule has 0 aromatic rings. The lowest BCUT2D eigenvalue weighted by Crippen LogP contribution is -2.44. The highest BCUT2D eigenvalue weighted by molar-refractivity contribution is 5.76. The largest absolute Gasteiger partial charge is 0.343 e. The summed E-state index contributed by atoms with van der Waals surface area (Å²) in [6.07, 6.45) is 9.64. The van der Waals surface area contributed by atoms with E-state index in [1.807, 2.05) is 7.05 Å². The van der Waals surface area contributed by atoms with E-state index in [0.717, 1.165) is 32.4 Å². The van der Waals surface area contributed by atoms with Crippen LogP contribution >= 0.6 is 0 Å². The van der Waals surface area contributed by atoms with Gasteiger partial charge in [-0.25, -0.2) is 0 Å². The van der Waals surface area contributed by atoms with E-state index in [9.17, 15) is 4.79 Å². The number of rotatable bonds is 3. The van der Waals surface area contributed by atoms with Crippen molar-refractivity contribution in [3.8, 4) is 0 Å². The molecule has 1 heterocycles. The Hall–Kier alpha value is -0.570. The molecule has 0 radical (unpaired) electrons. The second kappa shape index (κ2) is 6.39. The number of nitrogens with one attached hydrogen (secondary N) is 1. The molecule has 1 aliphatic heterocycles. The summed E-state index contributed by atoms with van der Waals surface area (Å²) in [6.45, 7) is 1.91. The first-order valence-corrected chi connectivity index (χ1v) is 7.24. The van der Waals surface area contributed by atoms with Crippen molar-refractivity contribution in [2.24, 2.45) is 5.92 Å². The molecule has 2 fully saturated rings. The Labute approximate surface area is 105 Å². The van der Waals surface area contributed by atoms with Crippen LogP contribution in [0.1, 0.15) is 51.4 Å². The predicted molar refractivity (Wildman–Crippen MR) is 69.9 cm³/mol. The number of carbonyl (C=O) groups is 1. The van der Waals surface area contributed by atoms with Crippen LogP contribution in [0, 0.1) is 5.92 Å². The molecule has 3 nitrogen and oxygen atoms in total. The predicted octanol–water partition coefficient (Wildman–Crippen LogP) is 2.17. The standard InChI is InChI=1S/C14H26N2O/c1-15-13-7-9-16(10-8-13)14(17)11-12-5-3-2-4-6-12/h12-13,15H,2-11H2,1H3. The molecule has 1 amide bonds. The first-order chi connectivity index (χ1) is 8.29. The normalized spacial score (nSPS) is 23.9. The molecule has 1 aliphatic carbocycles. The molecule has 3 heteroatoms. The van der Waals surface area contributed by atoms with Crippen LogP contribution in [0.25, 0.3) is 0 Å². The average Bonchev–Trinajstić information content (AvgIpc) is 2.40. The highest BCUT2D eigenvalue weighted by Crippen LogP contribution is 2.27. The van der Waals surface area contributed by atoms with Crippen molar-refractivity contribution in [1.29, 1.82) is 0 Å². The lowest BCUT2D eigenvalue weighted by Gasteiger charge is -2.33. The summed E-state index contributed by atoms with van der Waals surface area (Å²) in [7, 11) is 2.02. The van der Waals surface area contributed by atoms with Crippen molar-refractivity contribution in [3.63, 3.8) is 0 Å². The molecule has 2 rings (SSSR count). The zero-order chi connectivity index (χ0) is 12.1. The maximum absolute atomic E-state index is 12.2. The van der Waals surface area contributed by atoms with E-state index in [0.29, 0.717) is 17.9 Å². The Bertz CT molecular complexity index is 241. The van der Waals surface area contributed by atoms with Gasteiger partial charge >= 0.3 is 0 Å². The number of hydrogen-bond donors (Lipinski definition) is 1. The molecule has 0 aromatic heterocycles. The molecular weight excluding hydrogens is 212 g/mol. The number of carbonyl (C=O) groups excluding carboxylic acids is 1.